The maximum atomic E-state index is 10.9. The van der Waals surface area contributed by atoms with Crippen LogP contribution >= 0.6 is 11.5 Å². The molecular formula is C13H16N2O2S. The number of aromatic nitrogens is 1. The fraction of sp³-hybridized carbons (Fsp3) is 0.385. The first-order valence-corrected chi connectivity index (χ1v) is 6.73. The highest BCUT2D eigenvalue weighted by molar-refractivity contribution is 7.11. The first kappa shape index (κ1) is 12.8. The van der Waals surface area contributed by atoms with Crippen molar-refractivity contribution < 1.29 is 9.90 Å². The Morgan fingerprint density at radius 1 is 1.50 bits per heavy atom. The molecule has 4 nitrogen and oxygen atoms in total. The average Bonchev–Trinajstić information content (AvgIpc) is 2.79. The summed E-state index contributed by atoms with van der Waals surface area (Å²) in [5.74, 6) is -1.15. The molecule has 1 atom stereocenters. The van der Waals surface area contributed by atoms with E-state index in [9.17, 15) is 4.79 Å². The molecule has 0 saturated carbocycles. The molecule has 0 saturated heterocycles. The van der Waals surface area contributed by atoms with E-state index in [1.165, 1.54) is 11.5 Å². The van der Waals surface area contributed by atoms with Crippen molar-refractivity contribution in [2.24, 2.45) is 5.92 Å². The van der Waals surface area contributed by atoms with E-state index in [-0.39, 0.29) is 5.92 Å². The normalized spacial score (nSPS) is 12.6. The van der Waals surface area contributed by atoms with Gasteiger partial charge in [-0.3, -0.25) is 4.79 Å². The second-order valence-corrected chi connectivity index (χ2v) is 5.03. The lowest BCUT2D eigenvalue weighted by atomic mass is 10.1. The quantitative estimate of drug-likeness (QED) is 0.902. The molecule has 0 amide bonds. The van der Waals surface area contributed by atoms with Crippen LogP contribution in [-0.2, 0) is 4.79 Å². The van der Waals surface area contributed by atoms with Gasteiger partial charge in [0, 0.05) is 18.5 Å². The molecule has 1 aromatic heterocycles. The number of hydrogen-bond acceptors (Lipinski definition) is 4. The van der Waals surface area contributed by atoms with Crippen molar-refractivity contribution >= 4 is 33.4 Å². The number of fused-ring (bicyclic) bond motifs is 1. The number of nitrogens with zero attached hydrogens (tertiary/aromatic N) is 2. The molecule has 96 valence electrons. The first-order valence-electron chi connectivity index (χ1n) is 5.95. The number of carbonyl (C=O) groups is 1. The van der Waals surface area contributed by atoms with Crippen LogP contribution in [0.4, 0.5) is 5.00 Å². The minimum atomic E-state index is -0.762. The summed E-state index contributed by atoms with van der Waals surface area (Å²) in [6, 6.07) is 7.95. The molecule has 0 bridgehead atoms. The summed E-state index contributed by atoms with van der Waals surface area (Å²) in [5, 5.41) is 11.2. The van der Waals surface area contributed by atoms with Crippen LogP contribution in [0, 0.1) is 5.92 Å². The summed E-state index contributed by atoms with van der Waals surface area (Å²) in [6.45, 7) is 5.05. The second kappa shape index (κ2) is 5.35. The van der Waals surface area contributed by atoms with Gasteiger partial charge in [0.2, 0.25) is 0 Å². The van der Waals surface area contributed by atoms with Crippen LogP contribution in [0.3, 0.4) is 0 Å². The highest BCUT2D eigenvalue weighted by Crippen LogP contribution is 2.31. The summed E-state index contributed by atoms with van der Waals surface area (Å²) in [5.41, 5.74) is 0.971. The van der Waals surface area contributed by atoms with Crippen LogP contribution in [0.15, 0.2) is 24.3 Å². The Morgan fingerprint density at radius 3 is 2.89 bits per heavy atom. The molecule has 0 aliphatic rings. The van der Waals surface area contributed by atoms with Gasteiger partial charge in [0.1, 0.15) is 5.00 Å². The van der Waals surface area contributed by atoms with Gasteiger partial charge in [-0.1, -0.05) is 19.1 Å². The van der Waals surface area contributed by atoms with Crippen molar-refractivity contribution in [3.05, 3.63) is 24.3 Å². The predicted octanol–water partition coefficient (Wildman–Crippen LogP) is 2.84. The third-order valence-corrected chi connectivity index (χ3v) is 3.89. The molecule has 0 radical (unpaired) electrons. The third kappa shape index (κ3) is 2.46. The van der Waals surface area contributed by atoms with E-state index in [4.69, 9.17) is 5.11 Å². The fourth-order valence-corrected chi connectivity index (χ4v) is 2.80. The van der Waals surface area contributed by atoms with E-state index < -0.39 is 5.97 Å². The molecule has 1 unspecified atom stereocenters. The van der Waals surface area contributed by atoms with Crippen LogP contribution in [0.5, 0.6) is 0 Å². The lowest BCUT2D eigenvalue weighted by Crippen LogP contribution is -2.31. The maximum Gasteiger partial charge on any atom is 0.308 e. The molecule has 18 heavy (non-hydrogen) atoms. The highest BCUT2D eigenvalue weighted by Gasteiger charge is 2.18. The third-order valence-electron chi connectivity index (χ3n) is 2.95. The predicted molar refractivity (Wildman–Crippen MR) is 74.3 cm³/mol. The number of aliphatic carboxylic acids is 1. The SMILES string of the molecule is CCN(CC(C)C(=O)O)c1snc2ccccc12. The Labute approximate surface area is 110 Å². The topological polar surface area (TPSA) is 53.4 Å². The van der Waals surface area contributed by atoms with E-state index in [2.05, 4.69) is 9.27 Å². The van der Waals surface area contributed by atoms with Gasteiger partial charge >= 0.3 is 5.97 Å². The van der Waals surface area contributed by atoms with Gasteiger partial charge in [-0.05, 0) is 30.6 Å². The van der Waals surface area contributed by atoms with Gasteiger partial charge in [0.05, 0.1) is 11.4 Å². The van der Waals surface area contributed by atoms with Gasteiger partial charge in [-0.15, -0.1) is 0 Å². The average molecular weight is 264 g/mol. The summed E-state index contributed by atoms with van der Waals surface area (Å²) >= 11 is 1.43. The molecule has 1 N–H and O–H groups in total. The van der Waals surface area contributed by atoms with Crippen LogP contribution in [0.1, 0.15) is 13.8 Å². The lowest BCUT2D eigenvalue weighted by Gasteiger charge is -2.23. The zero-order chi connectivity index (χ0) is 13.1. The molecular weight excluding hydrogens is 248 g/mol. The maximum absolute atomic E-state index is 10.9. The van der Waals surface area contributed by atoms with Crippen molar-refractivity contribution in [3.63, 3.8) is 0 Å². The summed E-state index contributed by atoms with van der Waals surface area (Å²) in [6.07, 6.45) is 0. The van der Waals surface area contributed by atoms with Crippen molar-refractivity contribution in [2.75, 3.05) is 18.0 Å². The highest BCUT2D eigenvalue weighted by atomic mass is 32.1. The van der Waals surface area contributed by atoms with Crippen LogP contribution in [0.25, 0.3) is 10.9 Å². The van der Waals surface area contributed by atoms with Crippen molar-refractivity contribution in [2.45, 2.75) is 13.8 Å². The Balaban J connectivity index is 2.30. The van der Waals surface area contributed by atoms with Gasteiger partial charge in [0.25, 0.3) is 0 Å². The van der Waals surface area contributed by atoms with Gasteiger partial charge in [0.15, 0.2) is 0 Å². The summed E-state index contributed by atoms with van der Waals surface area (Å²) in [7, 11) is 0. The Kier molecular flexibility index (Phi) is 3.81. The number of hydrogen-bond donors (Lipinski definition) is 1. The van der Waals surface area contributed by atoms with Gasteiger partial charge in [-0.25, -0.2) is 0 Å². The number of benzene rings is 1. The molecule has 1 aromatic carbocycles. The van der Waals surface area contributed by atoms with Crippen molar-refractivity contribution in [1.29, 1.82) is 0 Å². The molecule has 2 aromatic rings. The van der Waals surface area contributed by atoms with Gasteiger partial charge < -0.3 is 10.0 Å². The number of rotatable bonds is 5. The monoisotopic (exact) mass is 264 g/mol. The molecule has 5 heteroatoms. The van der Waals surface area contributed by atoms with E-state index in [0.717, 1.165) is 22.4 Å². The number of carboxylic acid groups (broad SMARTS) is 1. The number of carboxylic acids is 1. The largest absolute Gasteiger partial charge is 0.481 e. The van der Waals surface area contributed by atoms with Crippen molar-refractivity contribution in [3.8, 4) is 0 Å². The van der Waals surface area contributed by atoms with E-state index in [0.29, 0.717) is 6.54 Å². The molecule has 2 rings (SSSR count). The standard InChI is InChI=1S/C13H16N2O2S/c1-3-15(8-9(2)13(16)17)12-10-6-4-5-7-11(10)14-18-12/h4-7,9H,3,8H2,1-2H3,(H,16,17). The van der Waals surface area contributed by atoms with Crippen molar-refractivity contribution in [1.82, 2.24) is 4.37 Å². The molecule has 0 aliphatic heterocycles. The first-order chi connectivity index (χ1) is 8.63. The second-order valence-electron chi connectivity index (χ2n) is 4.28. The van der Waals surface area contributed by atoms with Gasteiger partial charge in [-0.2, -0.15) is 4.37 Å². The van der Waals surface area contributed by atoms with E-state index in [1.807, 2.05) is 31.2 Å². The van der Waals surface area contributed by atoms with E-state index >= 15 is 0 Å². The zero-order valence-electron chi connectivity index (χ0n) is 10.5. The fourth-order valence-electron chi connectivity index (χ4n) is 1.87. The van der Waals surface area contributed by atoms with Crippen LogP contribution < -0.4 is 4.90 Å². The molecule has 0 aliphatic carbocycles. The van der Waals surface area contributed by atoms with Crippen LogP contribution in [-0.4, -0.2) is 28.5 Å². The zero-order valence-corrected chi connectivity index (χ0v) is 11.3. The molecule has 0 fully saturated rings. The lowest BCUT2D eigenvalue weighted by molar-refractivity contribution is -0.140. The Hall–Kier alpha value is -1.62. The Bertz CT molecular complexity index is 553. The Morgan fingerprint density at radius 2 is 2.22 bits per heavy atom. The molecule has 1 heterocycles. The van der Waals surface area contributed by atoms with E-state index in [1.54, 1.807) is 6.92 Å². The summed E-state index contributed by atoms with van der Waals surface area (Å²) in [4.78, 5) is 13.0. The smallest absolute Gasteiger partial charge is 0.308 e. The summed E-state index contributed by atoms with van der Waals surface area (Å²) < 4.78 is 4.39. The minimum absolute atomic E-state index is 0.384. The minimum Gasteiger partial charge on any atom is -0.481 e. The van der Waals surface area contributed by atoms with Crippen LogP contribution in [0.2, 0.25) is 0 Å². The molecule has 0 spiro atoms. The number of anilines is 1.